The molecule has 10 nitrogen and oxygen atoms in total. The highest BCUT2D eigenvalue weighted by atomic mass is 32.2. The van der Waals surface area contributed by atoms with Crippen LogP contribution in [0.15, 0.2) is 53.7 Å². The van der Waals surface area contributed by atoms with Gasteiger partial charge in [0.05, 0.1) is 19.1 Å². The number of rotatable bonds is 9. The van der Waals surface area contributed by atoms with Gasteiger partial charge in [0, 0.05) is 39.3 Å². The summed E-state index contributed by atoms with van der Waals surface area (Å²) in [4.78, 5) is 17.0. The Morgan fingerprint density at radius 2 is 1.75 bits per heavy atom. The van der Waals surface area contributed by atoms with Gasteiger partial charge in [-0.15, -0.1) is 0 Å². The number of anilines is 2. The summed E-state index contributed by atoms with van der Waals surface area (Å²) in [5, 5.41) is 0. The third-order valence-corrected chi connectivity index (χ3v) is 7.80. The Morgan fingerprint density at radius 1 is 1.00 bits per heavy atom. The third-order valence-electron chi connectivity index (χ3n) is 5.95. The molecule has 1 aliphatic heterocycles. The Kier molecular flexibility index (Phi) is 7.85. The lowest BCUT2D eigenvalue weighted by atomic mass is 10.1. The first-order valence-corrected chi connectivity index (χ1v) is 12.9. The molecule has 3 aromatic rings. The van der Waals surface area contributed by atoms with Gasteiger partial charge in [0.2, 0.25) is 11.9 Å². The van der Waals surface area contributed by atoms with Crippen LogP contribution in [0.4, 0.5) is 16.3 Å². The Hall–Kier alpha value is -3.51. The highest BCUT2D eigenvalue weighted by molar-refractivity contribution is 7.92. The van der Waals surface area contributed by atoms with Crippen molar-refractivity contribution in [2.75, 3.05) is 56.1 Å². The van der Waals surface area contributed by atoms with Crippen molar-refractivity contribution in [1.29, 1.82) is 0 Å². The van der Waals surface area contributed by atoms with Gasteiger partial charge in [-0.05, 0) is 42.8 Å². The fraction of sp³-hybridized carbons (Fsp3) is 0.375. The fourth-order valence-electron chi connectivity index (χ4n) is 4.07. The summed E-state index contributed by atoms with van der Waals surface area (Å²) in [7, 11) is -0.805. The minimum atomic E-state index is -4.03. The molecular weight excluding hydrogens is 487 g/mol. The predicted molar refractivity (Wildman–Crippen MR) is 133 cm³/mol. The van der Waals surface area contributed by atoms with Gasteiger partial charge in [-0.3, -0.25) is 4.90 Å². The summed E-state index contributed by atoms with van der Waals surface area (Å²) in [5.74, 6) is 1.16. The number of nitrogens with zero attached hydrogens (tertiary/aromatic N) is 6. The average Bonchev–Trinajstić information content (AvgIpc) is 2.89. The molecule has 36 heavy (non-hydrogen) atoms. The second-order valence-electron chi connectivity index (χ2n) is 8.17. The normalized spacial score (nSPS) is 14.5. The van der Waals surface area contributed by atoms with E-state index in [0.29, 0.717) is 30.5 Å². The Bertz CT molecular complexity index is 1300. The molecule has 0 radical (unpaired) electrons. The third kappa shape index (κ3) is 5.49. The maximum atomic E-state index is 13.7. The molecule has 2 aromatic carbocycles. The van der Waals surface area contributed by atoms with Crippen LogP contribution in [0.1, 0.15) is 12.5 Å². The van der Waals surface area contributed by atoms with E-state index in [1.165, 1.54) is 24.5 Å². The van der Waals surface area contributed by atoms with Gasteiger partial charge in [0.25, 0.3) is 10.0 Å². The first-order chi connectivity index (χ1) is 17.3. The summed E-state index contributed by atoms with van der Waals surface area (Å²) in [5.41, 5.74) is 1.12. The summed E-state index contributed by atoms with van der Waals surface area (Å²) >= 11 is 0. The lowest BCUT2D eigenvalue weighted by Crippen LogP contribution is -2.46. The summed E-state index contributed by atoms with van der Waals surface area (Å²) < 4.78 is 51.7. The van der Waals surface area contributed by atoms with Crippen LogP contribution in [-0.4, -0.2) is 75.2 Å². The van der Waals surface area contributed by atoms with Crippen molar-refractivity contribution in [3.05, 3.63) is 60.2 Å². The van der Waals surface area contributed by atoms with E-state index >= 15 is 0 Å². The topological polar surface area (TPSA) is 101 Å². The second-order valence-corrected chi connectivity index (χ2v) is 10.0. The SMILES string of the molecule is CCN(c1ncnc(N2CCN(Cc3ccc(OC)c(OC)c3)CC2)n1)S(=O)(=O)c1cccc(F)c1. The van der Waals surface area contributed by atoms with Crippen molar-refractivity contribution in [1.82, 2.24) is 19.9 Å². The van der Waals surface area contributed by atoms with Crippen molar-refractivity contribution in [2.45, 2.75) is 18.4 Å². The second kappa shape index (κ2) is 11.0. The minimum absolute atomic E-state index is 0.000446. The molecule has 1 saturated heterocycles. The molecule has 4 rings (SSSR count). The quantitative estimate of drug-likeness (QED) is 0.425. The highest BCUT2D eigenvalue weighted by Gasteiger charge is 2.28. The molecule has 0 atom stereocenters. The number of aromatic nitrogens is 3. The Balaban J connectivity index is 1.45. The first-order valence-electron chi connectivity index (χ1n) is 11.5. The van der Waals surface area contributed by atoms with Crippen LogP contribution in [0.2, 0.25) is 0 Å². The highest BCUT2D eigenvalue weighted by Crippen LogP contribution is 2.28. The van der Waals surface area contributed by atoms with E-state index in [1.54, 1.807) is 21.1 Å². The summed E-state index contributed by atoms with van der Waals surface area (Å²) in [6.45, 7) is 5.39. The van der Waals surface area contributed by atoms with Crippen molar-refractivity contribution in [3.63, 3.8) is 0 Å². The van der Waals surface area contributed by atoms with Crippen LogP contribution in [0.3, 0.4) is 0 Å². The maximum Gasteiger partial charge on any atom is 0.266 e. The van der Waals surface area contributed by atoms with Crippen LogP contribution in [0.25, 0.3) is 0 Å². The number of benzene rings is 2. The number of methoxy groups -OCH3 is 2. The zero-order valence-electron chi connectivity index (χ0n) is 20.5. The Morgan fingerprint density at radius 3 is 2.42 bits per heavy atom. The molecule has 0 aliphatic carbocycles. The number of hydrogen-bond acceptors (Lipinski definition) is 9. The van der Waals surface area contributed by atoms with Crippen molar-refractivity contribution in [3.8, 4) is 11.5 Å². The van der Waals surface area contributed by atoms with Gasteiger partial charge >= 0.3 is 0 Å². The molecule has 1 aliphatic rings. The van der Waals surface area contributed by atoms with Gasteiger partial charge in [0.15, 0.2) is 11.5 Å². The van der Waals surface area contributed by atoms with Crippen LogP contribution in [0.5, 0.6) is 11.5 Å². The molecule has 1 fully saturated rings. The van der Waals surface area contributed by atoms with E-state index in [0.717, 1.165) is 35.6 Å². The van der Waals surface area contributed by atoms with E-state index in [1.807, 2.05) is 23.1 Å². The number of hydrogen-bond donors (Lipinski definition) is 0. The lowest BCUT2D eigenvalue weighted by Gasteiger charge is -2.35. The van der Waals surface area contributed by atoms with Gasteiger partial charge in [-0.2, -0.15) is 4.98 Å². The van der Waals surface area contributed by atoms with E-state index in [-0.39, 0.29) is 17.4 Å². The zero-order valence-corrected chi connectivity index (χ0v) is 21.3. The first kappa shape index (κ1) is 25.6. The van der Waals surface area contributed by atoms with Crippen molar-refractivity contribution >= 4 is 21.9 Å². The van der Waals surface area contributed by atoms with Crippen LogP contribution in [-0.2, 0) is 16.6 Å². The molecule has 2 heterocycles. The fourth-order valence-corrected chi connectivity index (χ4v) is 5.48. The number of ether oxygens (including phenoxy) is 2. The average molecular weight is 517 g/mol. The number of sulfonamides is 1. The summed E-state index contributed by atoms with van der Waals surface area (Å²) in [6.07, 6.45) is 1.30. The van der Waals surface area contributed by atoms with E-state index in [9.17, 15) is 12.8 Å². The number of halogens is 1. The van der Waals surface area contributed by atoms with Crippen molar-refractivity contribution < 1.29 is 22.3 Å². The van der Waals surface area contributed by atoms with Crippen LogP contribution < -0.4 is 18.7 Å². The molecule has 0 amide bonds. The van der Waals surface area contributed by atoms with Crippen LogP contribution >= 0.6 is 0 Å². The zero-order chi connectivity index (χ0) is 25.7. The Labute approximate surface area is 210 Å². The van der Waals surface area contributed by atoms with Gasteiger partial charge < -0.3 is 14.4 Å². The van der Waals surface area contributed by atoms with E-state index in [2.05, 4.69) is 19.9 Å². The van der Waals surface area contributed by atoms with Gasteiger partial charge in [-0.1, -0.05) is 12.1 Å². The molecular formula is C24H29FN6O4S. The van der Waals surface area contributed by atoms with Gasteiger partial charge in [-0.25, -0.2) is 27.1 Å². The summed E-state index contributed by atoms with van der Waals surface area (Å²) in [6, 6.07) is 10.8. The molecule has 0 N–H and O–H groups in total. The largest absolute Gasteiger partial charge is 0.493 e. The van der Waals surface area contributed by atoms with Gasteiger partial charge in [0.1, 0.15) is 12.1 Å². The minimum Gasteiger partial charge on any atom is -0.493 e. The monoisotopic (exact) mass is 516 g/mol. The molecule has 192 valence electrons. The molecule has 0 bridgehead atoms. The number of piperazine rings is 1. The molecule has 0 spiro atoms. The van der Waals surface area contributed by atoms with E-state index in [4.69, 9.17) is 9.47 Å². The maximum absolute atomic E-state index is 13.7. The van der Waals surface area contributed by atoms with E-state index < -0.39 is 15.8 Å². The molecule has 1 aromatic heterocycles. The van der Waals surface area contributed by atoms with Crippen LogP contribution in [0, 0.1) is 5.82 Å². The molecule has 0 saturated carbocycles. The standard InChI is InChI=1S/C24H29FN6O4S/c1-4-31(36(32,33)20-7-5-6-19(25)15-20)24-27-17-26-23(28-24)30-12-10-29(11-13-30)16-18-8-9-21(34-2)22(14-18)35-3/h5-9,14-15,17H,4,10-13,16H2,1-3H3. The lowest BCUT2D eigenvalue weighted by molar-refractivity contribution is 0.248. The van der Waals surface area contributed by atoms with Crippen molar-refractivity contribution in [2.24, 2.45) is 0 Å². The molecule has 12 heteroatoms. The predicted octanol–water partition coefficient (Wildman–Crippen LogP) is 2.57. The smallest absolute Gasteiger partial charge is 0.266 e. The molecule has 0 unspecified atom stereocenters.